The highest BCUT2D eigenvalue weighted by molar-refractivity contribution is 7.89. The first kappa shape index (κ1) is 15.5. The summed E-state index contributed by atoms with van der Waals surface area (Å²) in [7, 11) is -3.73. The molecule has 3 heterocycles. The number of sulfonamides is 1. The molecule has 0 spiro atoms. The number of nitrogens with one attached hydrogen (secondary N) is 1. The normalized spacial score (nSPS) is 25.9. The minimum Gasteiger partial charge on any atom is -0.460 e. The standard InChI is InChI=1S/C14H20N2O5S/c1-2-20-14(17)12-5-6-13(21-12)22(18,19)16-10-3-4-11(16)9-15-8-7-10/h5-6,10-11,15H,2-4,7-9H2,1H3. The Morgan fingerprint density at radius 1 is 1.36 bits per heavy atom. The predicted octanol–water partition coefficient (Wildman–Crippen LogP) is 0.971. The monoisotopic (exact) mass is 328 g/mol. The summed E-state index contributed by atoms with van der Waals surface area (Å²) < 4.78 is 37.3. The van der Waals surface area contributed by atoms with Gasteiger partial charge in [-0.3, -0.25) is 0 Å². The summed E-state index contributed by atoms with van der Waals surface area (Å²) in [6, 6.07) is 2.64. The SMILES string of the molecule is CCOC(=O)c1ccc(S(=O)(=O)N2C3CCNCC2CC3)o1. The van der Waals surface area contributed by atoms with Crippen LogP contribution in [0.4, 0.5) is 0 Å². The van der Waals surface area contributed by atoms with Crippen LogP contribution in [-0.2, 0) is 14.8 Å². The maximum Gasteiger partial charge on any atom is 0.374 e. The number of fused-ring (bicyclic) bond motifs is 2. The molecule has 2 unspecified atom stereocenters. The fourth-order valence-corrected chi connectivity index (χ4v) is 5.02. The summed E-state index contributed by atoms with van der Waals surface area (Å²) in [4.78, 5) is 11.6. The van der Waals surface area contributed by atoms with E-state index in [1.54, 1.807) is 11.2 Å². The van der Waals surface area contributed by atoms with Crippen LogP contribution < -0.4 is 5.32 Å². The number of carbonyl (C=O) groups excluding carboxylic acids is 1. The van der Waals surface area contributed by atoms with Crippen molar-refractivity contribution in [2.75, 3.05) is 19.7 Å². The van der Waals surface area contributed by atoms with Gasteiger partial charge in [0.05, 0.1) is 6.61 Å². The second-order valence-electron chi connectivity index (χ2n) is 5.55. The maximum absolute atomic E-state index is 12.8. The van der Waals surface area contributed by atoms with Crippen LogP contribution in [0, 0.1) is 0 Å². The number of hydrogen-bond acceptors (Lipinski definition) is 6. The molecule has 1 aromatic rings. The first-order valence-corrected chi connectivity index (χ1v) is 8.99. The number of ether oxygens (including phenoxy) is 1. The number of esters is 1. The smallest absolute Gasteiger partial charge is 0.374 e. The molecule has 0 aliphatic carbocycles. The van der Waals surface area contributed by atoms with Crippen LogP contribution in [0.25, 0.3) is 0 Å². The van der Waals surface area contributed by atoms with E-state index in [2.05, 4.69) is 5.32 Å². The highest BCUT2D eigenvalue weighted by Crippen LogP contribution is 2.34. The van der Waals surface area contributed by atoms with Gasteiger partial charge in [0.1, 0.15) is 0 Å². The Morgan fingerprint density at radius 3 is 2.91 bits per heavy atom. The highest BCUT2D eigenvalue weighted by atomic mass is 32.2. The van der Waals surface area contributed by atoms with Gasteiger partial charge in [-0.2, -0.15) is 4.31 Å². The summed E-state index contributed by atoms with van der Waals surface area (Å²) in [5.41, 5.74) is 0. The molecule has 22 heavy (non-hydrogen) atoms. The van der Waals surface area contributed by atoms with Crippen molar-refractivity contribution in [1.82, 2.24) is 9.62 Å². The lowest BCUT2D eigenvalue weighted by molar-refractivity contribution is 0.0483. The van der Waals surface area contributed by atoms with Crippen molar-refractivity contribution in [3.63, 3.8) is 0 Å². The van der Waals surface area contributed by atoms with E-state index < -0.39 is 16.0 Å². The van der Waals surface area contributed by atoms with Crippen molar-refractivity contribution in [2.24, 2.45) is 0 Å². The average molecular weight is 328 g/mol. The Kier molecular flexibility index (Phi) is 4.24. The molecule has 1 aromatic heterocycles. The van der Waals surface area contributed by atoms with Crippen molar-refractivity contribution in [3.8, 4) is 0 Å². The Bertz CT molecular complexity index is 640. The van der Waals surface area contributed by atoms with E-state index in [4.69, 9.17) is 9.15 Å². The van der Waals surface area contributed by atoms with Crippen LogP contribution in [0.15, 0.2) is 21.6 Å². The van der Waals surface area contributed by atoms with E-state index in [1.165, 1.54) is 12.1 Å². The molecule has 2 aliphatic heterocycles. The second-order valence-corrected chi connectivity index (χ2v) is 7.33. The van der Waals surface area contributed by atoms with E-state index in [-0.39, 0.29) is 29.5 Å². The summed E-state index contributed by atoms with van der Waals surface area (Å²) >= 11 is 0. The predicted molar refractivity (Wildman–Crippen MR) is 78.0 cm³/mol. The average Bonchev–Trinajstić information content (AvgIpc) is 3.04. The largest absolute Gasteiger partial charge is 0.460 e. The molecule has 3 rings (SSSR count). The third-order valence-corrected chi connectivity index (χ3v) is 6.06. The van der Waals surface area contributed by atoms with Crippen molar-refractivity contribution >= 4 is 16.0 Å². The summed E-state index contributed by atoms with van der Waals surface area (Å²) in [6.07, 6.45) is 2.51. The number of rotatable bonds is 4. The molecule has 2 atom stereocenters. The number of furan rings is 1. The van der Waals surface area contributed by atoms with Crippen molar-refractivity contribution < 1.29 is 22.4 Å². The Labute approximate surface area is 129 Å². The number of nitrogens with zero attached hydrogens (tertiary/aromatic N) is 1. The quantitative estimate of drug-likeness (QED) is 0.829. The molecular weight excluding hydrogens is 308 g/mol. The number of hydrogen-bond donors (Lipinski definition) is 1. The van der Waals surface area contributed by atoms with Gasteiger partial charge in [0, 0.05) is 18.6 Å². The zero-order valence-electron chi connectivity index (χ0n) is 12.4. The summed E-state index contributed by atoms with van der Waals surface area (Å²) in [6.45, 7) is 3.37. The molecule has 1 N–H and O–H groups in total. The van der Waals surface area contributed by atoms with Crippen LogP contribution >= 0.6 is 0 Å². The van der Waals surface area contributed by atoms with E-state index in [0.717, 1.165) is 25.8 Å². The van der Waals surface area contributed by atoms with Gasteiger partial charge in [-0.15, -0.1) is 0 Å². The Morgan fingerprint density at radius 2 is 2.14 bits per heavy atom. The van der Waals surface area contributed by atoms with Crippen LogP contribution in [-0.4, -0.2) is 50.5 Å². The van der Waals surface area contributed by atoms with Gasteiger partial charge in [-0.25, -0.2) is 13.2 Å². The van der Waals surface area contributed by atoms with Gasteiger partial charge in [-0.1, -0.05) is 0 Å². The van der Waals surface area contributed by atoms with Gasteiger partial charge in [0.2, 0.25) is 10.9 Å². The third-order valence-electron chi connectivity index (χ3n) is 4.18. The lowest BCUT2D eigenvalue weighted by atomic mass is 10.1. The van der Waals surface area contributed by atoms with E-state index in [1.807, 2.05) is 0 Å². The molecule has 8 heteroatoms. The molecule has 122 valence electrons. The lowest BCUT2D eigenvalue weighted by Crippen LogP contribution is -2.42. The fraction of sp³-hybridized carbons (Fsp3) is 0.643. The first-order chi connectivity index (χ1) is 10.5. The molecule has 2 saturated heterocycles. The highest BCUT2D eigenvalue weighted by Gasteiger charge is 2.44. The minimum atomic E-state index is -3.73. The second kappa shape index (κ2) is 6.02. The zero-order valence-corrected chi connectivity index (χ0v) is 13.3. The molecule has 0 amide bonds. The summed E-state index contributed by atoms with van der Waals surface area (Å²) in [5, 5.41) is 3.08. The molecule has 0 aromatic carbocycles. The molecule has 2 fully saturated rings. The van der Waals surface area contributed by atoms with E-state index >= 15 is 0 Å². The van der Waals surface area contributed by atoms with Gasteiger partial charge in [-0.05, 0) is 44.9 Å². The molecule has 2 aliphatic rings. The minimum absolute atomic E-state index is 0.00106. The van der Waals surface area contributed by atoms with Gasteiger partial charge in [0.25, 0.3) is 10.0 Å². The maximum atomic E-state index is 12.8. The van der Waals surface area contributed by atoms with Crippen molar-refractivity contribution in [2.45, 2.75) is 43.4 Å². The van der Waals surface area contributed by atoms with Gasteiger partial charge < -0.3 is 14.5 Å². The fourth-order valence-electron chi connectivity index (χ4n) is 3.21. The van der Waals surface area contributed by atoms with Gasteiger partial charge in [0.15, 0.2) is 0 Å². The Balaban J connectivity index is 1.88. The Hall–Kier alpha value is -1.38. The zero-order chi connectivity index (χ0) is 15.7. The van der Waals surface area contributed by atoms with Crippen LogP contribution in [0.5, 0.6) is 0 Å². The number of carbonyl (C=O) groups is 1. The van der Waals surface area contributed by atoms with Crippen molar-refractivity contribution in [1.29, 1.82) is 0 Å². The summed E-state index contributed by atoms with van der Waals surface area (Å²) in [5.74, 6) is -0.731. The van der Waals surface area contributed by atoms with Crippen molar-refractivity contribution in [3.05, 3.63) is 17.9 Å². The molecule has 0 saturated carbocycles. The van der Waals surface area contributed by atoms with Crippen LogP contribution in [0.1, 0.15) is 36.7 Å². The van der Waals surface area contributed by atoms with E-state index in [9.17, 15) is 13.2 Å². The van der Waals surface area contributed by atoms with Crippen LogP contribution in [0.3, 0.4) is 0 Å². The lowest BCUT2D eigenvalue weighted by Gasteiger charge is -2.25. The topological polar surface area (TPSA) is 88.9 Å². The third kappa shape index (κ3) is 2.66. The van der Waals surface area contributed by atoms with E-state index in [0.29, 0.717) is 6.54 Å². The molecule has 7 nitrogen and oxygen atoms in total. The molecule has 0 radical (unpaired) electrons. The van der Waals surface area contributed by atoms with Crippen LogP contribution in [0.2, 0.25) is 0 Å². The molecular formula is C14H20N2O5S. The first-order valence-electron chi connectivity index (χ1n) is 7.55. The van der Waals surface area contributed by atoms with Gasteiger partial charge >= 0.3 is 5.97 Å². The molecule has 2 bridgehead atoms.